The topological polar surface area (TPSA) is 49.4 Å². The summed E-state index contributed by atoms with van der Waals surface area (Å²) in [5, 5.41) is 0. The fraction of sp³-hybridized carbons (Fsp3) is 0.280. The van der Waals surface area contributed by atoms with Crippen LogP contribution in [0.1, 0.15) is 25.8 Å². The van der Waals surface area contributed by atoms with Crippen LogP contribution in [0.15, 0.2) is 83.8 Å². The molecule has 0 amide bonds. The summed E-state index contributed by atoms with van der Waals surface area (Å²) in [6, 6.07) is 24.4. The number of hydrogen-bond donors (Lipinski definition) is 1. The Morgan fingerprint density at radius 3 is 2.07 bits per heavy atom. The molecule has 3 rings (SSSR count). The van der Waals surface area contributed by atoms with Crippen LogP contribution in [0.4, 0.5) is 5.69 Å². The summed E-state index contributed by atoms with van der Waals surface area (Å²) in [4.78, 5) is 2.67. The van der Waals surface area contributed by atoms with Crippen LogP contribution in [-0.4, -0.2) is 33.0 Å². The van der Waals surface area contributed by atoms with Crippen LogP contribution >= 0.6 is 0 Å². The van der Waals surface area contributed by atoms with Crippen molar-refractivity contribution in [3.8, 4) is 11.1 Å². The molecule has 0 saturated heterocycles. The molecule has 30 heavy (non-hydrogen) atoms. The van der Waals surface area contributed by atoms with Gasteiger partial charge < -0.3 is 4.90 Å². The zero-order valence-electron chi connectivity index (χ0n) is 17.7. The molecule has 0 saturated carbocycles. The van der Waals surface area contributed by atoms with E-state index in [0.717, 1.165) is 49.2 Å². The van der Waals surface area contributed by atoms with Crippen LogP contribution in [0.25, 0.3) is 11.1 Å². The highest BCUT2D eigenvalue weighted by atomic mass is 32.2. The zero-order valence-corrected chi connectivity index (χ0v) is 18.5. The molecule has 0 aliphatic carbocycles. The Bertz CT molecular complexity index is 1030. The quantitative estimate of drug-likeness (QED) is 0.474. The number of nitrogens with zero attached hydrogens (tertiary/aromatic N) is 1. The molecule has 3 aromatic carbocycles. The van der Waals surface area contributed by atoms with E-state index >= 15 is 0 Å². The van der Waals surface area contributed by atoms with Gasteiger partial charge in [-0.05, 0) is 61.8 Å². The molecule has 0 unspecified atom stereocenters. The Labute approximate surface area is 180 Å². The van der Waals surface area contributed by atoms with Crippen LogP contribution < -0.4 is 4.72 Å². The molecule has 0 atom stereocenters. The van der Waals surface area contributed by atoms with Crippen LogP contribution in [0.3, 0.4) is 0 Å². The maximum atomic E-state index is 13.0. The SMILES string of the molecule is CCN(CC)CCCc1cccc(NS(=O)(=O)c2ccccc2)c1-c1ccccc1. The van der Waals surface area contributed by atoms with E-state index in [-0.39, 0.29) is 4.90 Å². The molecule has 0 spiro atoms. The van der Waals surface area contributed by atoms with Gasteiger partial charge in [-0.3, -0.25) is 4.72 Å². The first kappa shape index (κ1) is 22.1. The third-order valence-electron chi connectivity index (χ3n) is 5.33. The van der Waals surface area contributed by atoms with Crippen molar-refractivity contribution in [2.45, 2.75) is 31.6 Å². The summed E-state index contributed by atoms with van der Waals surface area (Å²) in [5.74, 6) is 0. The fourth-order valence-electron chi connectivity index (χ4n) is 3.68. The first-order valence-electron chi connectivity index (χ1n) is 10.5. The van der Waals surface area contributed by atoms with E-state index in [1.54, 1.807) is 24.3 Å². The van der Waals surface area contributed by atoms with Gasteiger partial charge in [-0.1, -0.05) is 74.5 Å². The van der Waals surface area contributed by atoms with Crippen molar-refractivity contribution in [1.29, 1.82) is 0 Å². The van der Waals surface area contributed by atoms with E-state index in [9.17, 15) is 8.42 Å². The lowest BCUT2D eigenvalue weighted by Crippen LogP contribution is -2.24. The second kappa shape index (κ2) is 10.4. The van der Waals surface area contributed by atoms with E-state index in [0.29, 0.717) is 5.69 Å². The highest BCUT2D eigenvalue weighted by molar-refractivity contribution is 7.92. The molecule has 1 N–H and O–H groups in total. The minimum absolute atomic E-state index is 0.260. The van der Waals surface area contributed by atoms with Crippen molar-refractivity contribution in [2.24, 2.45) is 0 Å². The number of nitrogens with one attached hydrogen (secondary N) is 1. The lowest BCUT2D eigenvalue weighted by atomic mass is 9.95. The molecule has 5 heteroatoms. The highest BCUT2D eigenvalue weighted by Crippen LogP contribution is 2.34. The standard InChI is InChI=1S/C25H30N2O2S/c1-3-27(4-2)20-12-16-22-15-11-19-24(25(22)21-13-7-5-8-14-21)26-30(28,29)23-17-9-6-10-18-23/h5-11,13-15,17-19,26H,3-4,12,16,20H2,1-2H3. The first-order valence-corrected chi connectivity index (χ1v) is 12.0. The van der Waals surface area contributed by atoms with E-state index in [2.05, 4.69) is 29.5 Å². The summed E-state index contributed by atoms with van der Waals surface area (Å²) < 4.78 is 28.7. The molecule has 0 aliphatic rings. The van der Waals surface area contributed by atoms with Gasteiger partial charge in [0.15, 0.2) is 0 Å². The second-order valence-corrected chi connectivity index (χ2v) is 8.94. The Kier molecular flexibility index (Phi) is 7.66. The third kappa shape index (κ3) is 5.49. The average Bonchev–Trinajstić information content (AvgIpc) is 2.78. The molecule has 0 radical (unpaired) electrons. The number of rotatable bonds is 10. The second-order valence-electron chi connectivity index (χ2n) is 7.25. The van der Waals surface area contributed by atoms with Gasteiger partial charge in [-0.25, -0.2) is 8.42 Å². The Morgan fingerprint density at radius 2 is 1.43 bits per heavy atom. The molecule has 0 fully saturated rings. The number of aryl methyl sites for hydroxylation is 1. The van der Waals surface area contributed by atoms with Gasteiger partial charge in [0.25, 0.3) is 10.0 Å². The molecular weight excluding hydrogens is 392 g/mol. The minimum atomic E-state index is -3.66. The molecule has 0 heterocycles. The van der Waals surface area contributed by atoms with Crippen LogP contribution in [0, 0.1) is 0 Å². The molecular formula is C25H30N2O2S. The number of anilines is 1. The molecule has 3 aromatic rings. The van der Waals surface area contributed by atoms with Crippen molar-refractivity contribution >= 4 is 15.7 Å². The van der Waals surface area contributed by atoms with E-state index in [4.69, 9.17) is 0 Å². The van der Waals surface area contributed by atoms with Gasteiger partial charge in [0.05, 0.1) is 10.6 Å². The predicted molar refractivity (Wildman–Crippen MR) is 125 cm³/mol. The summed E-state index contributed by atoms with van der Waals surface area (Å²) in [5.41, 5.74) is 3.74. The number of benzene rings is 3. The Hall–Kier alpha value is -2.63. The predicted octanol–water partition coefficient (Wildman–Crippen LogP) is 5.43. The fourth-order valence-corrected chi connectivity index (χ4v) is 4.77. The van der Waals surface area contributed by atoms with Gasteiger partial charge in [0.1, 0.15) is 0 Å². The third-order valence-corrected chi connectivity index (χ3v) is 6.71. The maximum Gasteiger partial charge on any atom is 0.261 e. The van der Waals surface area contributed by atoms with Crippen LogP contribution in [0.5, 0.6) is 0 Å². The molecule has 0 aliphatic heterocycles. The van der Waals surface area contributed by atoms with Crippen LogP contribution in [-0.2, 0) is 16.4 Å². The molecule has 0 aromatic heterocycles. The van der Waals surface area contributed by atoms with Crippen molar-refractivity contribution < 1.29 is 8.42 Å². The van der Waals surface area contributed by atoms with Crippen LogP contribution in [0.2, 0.25) is 0 Å². The van der Waals surface area contributed by atoms with Gasteiger partial charge in [0, 0.05) is 5.56 Å². The smallest absolute Gasteiger partial charge is 0.261 e. The van der Waals surface area contributed by atoms with Crippen molar-refractivity contribution in [3.63, 3.8) is 0 Å². The molecule has 158 valence electrons. The van der Waals surface area contributed by atoms with Crippen molar-refractivity contribution in [3.05, 3.63) is 84.4 Å². The molecule has 4 nitrogen and oxygen atoms in total. The summed E-state index contributed by atoms with van der Waals surface area (Å²) >= 11 is 0. The lowest BCUT2D eigenvalue weighted by molar-refractivity contribution is 0.300. The Balaban J connectivity index is 1.95. The summed E-state index contributed by atoms with van der Waals surface area (Å²) in [7, 11) is -3.66. The van der Waals surface area contributed by atoms with Gasteiger partial charge in [0.2, 0.25) is 0 Å². The minimum Gasteiger partial charge on any atom is -0.304 e. The zero-order chi connectivity index (χ0) is 21.4. The highest BCUT2D eigenvalue weighted by Gasteiger charge is 2.18. The van der Waals surface area contributed by atoms with Gasteiger partial charge in [-0.15, -0.1) is 0 Å². The number of sulfonamides is 1. The van der Waals surface area contributed by atoms with E-state index in [1.807, 2.05) is 48.5 Å². The van der Waals surface area contributed by atoms with Crippen molar-refractivity contribution in [2.75, 3.05) is 24.4 Å². The maximum absolute atomic E-state index is 13.0. The number of hydrogen-bond acceptors (Lipinski definition) is 3. The average molecular weight is 423 g/mol. The largest absolute Gasteiger partial charge is 0.304 e. The summed E-state index contributed by atoms with van der Waals surface area (Å²) in [6.07, 6.45) is 1.91. The Morgan fingerprint density at radius 1 is 0.800 bits per heavy atom. The normalized spacial score (nSPS) is 11.6. The first-order chi connectivity index (χ1) is 14.5. The lowest BCUT2D eigenvalue weighted by Gasteiger charge is -2.20. The summed E-state index contributed by atoms with van der Waals surface area (Å²) in [6.45, 7) is 7.47. The monoisotopic (exact) mass is 422 g/mol. The van der Waals surface area contributed by atoms with E-state index in [1.165, 1.54) is 0 Å². The molecule has 0 bridgehead atoms. The van der Waals surface area contributed by atoms with Crippen molar-refractivity contribution in [1.82, 2.24) is 4.90 Å². The van der Waals surface area contributed by atoms with Gasteiger partial charge >= 0.3 is 0 Å². The van der Waals surface area contributed by atoms with E-state index < -0.39 is 10.0 Å². The van der Waals surface area contributed by atoms with Gasteiger partial charge in [-0.2, -0.15) is 0 Å².